The van der Waals surface area contributed by atoms with Gasteiger partial charge in [-0.3, -0.25) is 4.31 Å². The van der Waals surface area contributed by atoms with Gasteiger partial charge in [0.25, 0.3) is 0 Å². The average molecular weight is 285 g/mol. The van der Waals surface area contributed by atoms with Crippen molar-refractivity contribution in [2.24, 2.45) is 0 Å². The largest absolute Gasteiger partial charge is 0.508 e. The third-order valence-corrected chi connectivity index (χ3v) is 5.13. The molecule has 1 fully saturated rings. The third kappa shape index (κ3) is 2.99. The number of aromatic hydroxyl groups is 1. The first kappa shape index (κ1) is 14.1. The van der Waals surface area contributed by atoms with Crippen molar-refractivity contribution < 1.29 is 13.5 Å². The predicted molar refractivity (Wildman–Crippen MR) is 74.5 cm³/mol. The van der Waals surface area contributed by atoms with E-state index in [9.17, 15) is 13.5 Å². The highest BCUT2D eigenvalue weighted by molar-refractivity contribution is 7.90. The molecule has 0 aliphatic carbocycles. The fourth-order valence-corrected chi connectivity index (χ4v) is 3.77. The molecule has 106 valence electrons. The standard InChI is InChI=1S/C12H19N3O3S/c1-2-15(11-4-3-5-12(16)10-11)19(17,18)14-8-6-13-7-9-14/h3-5,10,13,16H,2,6-9H2,1H3. The van der Waals surface area contributed by atoms with Gasteiger partial charge in [-0.2, -0.15) is 12.7 Å². The highest BCUT2D eigenvalue weighted by Crippen LogP contribution is 2.24. The van der Waals surface area contributed by atoms with E-state index in [0.29, 0.717) is 38.4 Å². The van der Waals surface area contributed by atoms with Gasteiger partial charge < -0.3 is 10.4 Å². The number of phenolic OH excluding ortho intramolecular Hbond substituents is 1. The third-order valence-electron chi connectivity index (χ3n) is 3.09. The van der Waals surface area contributed by atoms with Crippen LogP contribution in [0.4, 0.5) is 5.69 Å². The summed E-state index contributed by atoms with van der Waals surface area (Å²) in [6.45, 7) is 4.38. The molecule has 6 nitrogen and oxygen atoms in total. The number of phenols is 1. The molecule has 0 bridgehead atoms. The minimum absolute atomic E-state index is 0.0615. The summed E-state index contributed by atoms with van der Waals surface area (Å²) in [4.78, 5) is 0. The van der Waals surface area contributed by atoms with Gasteiger partial charge in [-0.15, -0.1) is 0 Å². The molecular formula is C12H19N3O3S. The van der Waals surface area contributed by atoms with Crippen molar-refractivity contribution in [3.63, 3.8) is 0 Å². The van der Waals surface area contributed by atoms with E-state index >= 15 is 0 Å². The molecule has 1 aliphatic heterocycles. The lowest BCUT2D eigenvalue weighted by atomic mass is 10.3. The number of benzene rings is 1. The first-order valence-corrected chi connectivity index (χ1v) is 7.73. The summed E-state index contributed by atoms with van der Waals surface area (Å²) in [5.74, 6) is 0.0615. The molecule has 2 rings (SSSR count). The molecule has 7 heteroatoms. The molecule has 1 aromatic rings. The first-order chi connectivity index (χ1) is 9.05. The van der Waals surface area contributed by atoms with E-state index < -0.39 is 10.2 Å². The van der Waals surface area contributed by atoms with Gasteiger partial charge in [-0.1, -0.05) is 6.07 Å². The number of nitrogens with one attached hydrogen (secondary N) is 1. The summed E-state index contributed by atoms with van der Waals surface area (Å²) in [6.07, 6.45) is 0. The number of anilines is 1. The van der Waals surface area contributed by atoms with Crippen LogP contribution in [-0.4, -0.2) is 50.6 Å². The number of piperazine rings is 1. The van der Waals surface area contributed by atoms with Gasteiger partial charge in [0, 0.05) is 38.8 Å². The Hall–Kier alpha value is -1.31. The quantitative estimate of drug-likeness (QED) is 0.838. The lowest BCUT2D eigenvalue weighted by Gasteiger charge is -2.33. The Balaban J connectivity index is 2.30. The fourth-order valence-electron chi connectivity index (χ4n) is 2.14. The van der Waals surface area contributed by atoms with E-state index in [1.54, 1.807) is 19.1 Å². The molecule has 0 unspecified atom stereocenters. The Labute approximate surface area is 113 Å². The highest BCUT2D eigenvalue weighted by atomic mass is 32.2. The zero-order valence-electron chi connectivity index (χ0n) is 10.9. The smallest absolute Gasteiger partial charge is 0.304 e. The van der Waals surface area contributed by atoms with Crippen LogP contribution < -0.4 is 9.62 Å². The minimum atomic E-state index is -3.53. The van der Waals surface area contributed by atoms with Crippen molar-refractivity contribution in [1.82, 2.24) is 9.62 Å². The zero-order valence-corrected chi connectivity index (χ0v) is 11.7. The summed E-state index contributed by atoms with van der Waals surface area (Å²) in [5.41, 5.74) is 0.487. The maximum absolute atomic E-state index is 12.6. The van der Waals surface area contributed by atoms with Crippen LogP contribution in [0.25, 0.3) is 0 Å². The zero-order chi connectivity index (χ0) is 13.9. The maximum atomic E-state index is 12.6. The maximum Gasteiger partial charge on any atom is 0.304 e. The van der Waals surface area contributed by atoms with E-state index in [4.69, 9.17) is 0 Å². The van der Waals surface area contributed by atoms with Crippen LogP contribution in [0, 0.1) is 0 Å². The van der Waals surface area contributed by atoms with Gasteiger partial charge in [0.05, 0.1) is 5.69 Å². The average Bonchev–Trinajstić information content (AvgIpc) is 2.40. The van der Waals surface area contributed by atoms with Gasteiger partial charge in [0.2, 0.25) is 0 Å². The second kappa shape index (κ2) is 5.77. The van der Waals surface area contributed by atoms with Crippen molar-refractivity contribution in [3.05, 3.63) is 24.3 Å². The SMILES string of the molecule is CCN(c1cccc(O)c1)S(=O)(=O)N1CCNCC1. The van der Waals surface area contributed by atoms with Gasteiger partial charge in [-0.05, 0) is 19.1 Å². The molecule has 0 aromatic heterocycles. The molecular weight excluding hydrogens is 266 g/mol. The van der Waals surface area contributed by atoms with Crippen LogP contribution in [0.5, 0.6) is 5.75 Å². The normalized spacial score (nSPS) is 17.3. The van der Waals surface area contributed by atoms with Gasteiger partial charge in [-0.25, -0.2) is 0 Å². The Morgan fingerprint density at radius 2 is 2.05 bits per heavy atom. The molecule has 0 spiro atoms. The lowest BCUT2D eigenvalue weighted by molar-refractivity contribution is 0.359. The summed E-state index contributed by atoms with van der Waals surface area (Å²) >= 11 is 0. The molecule has 2 N–H and O–H groups in total. The monoisotopic (exact) mass is 285 g/mol. The Morgan fingerprint density at radius 3 is 2.63 bits per heavy atom. The number of hydrogen-bond donors (Lipinski definition) is 2. The Kier molecular flexibility index (Phi) is 4.28. The van der Waals surface area contributed by atoms with Crippen molar-refractivity contribution in [2.45, 2.75) is 6.92 Å². The van der Waals surface area contributed by atoms with E-state index in [2.05, 4.69) is 5.32 Å². The van der Waals surface area contributed by atoms with E-state index in [0.717, 1.165) is 0 Å². The van der Waals surface area contributed by atoms with Crippen LogP contribution in [0.15, 0.2) is 24.3 Å². The van der Waals surface area contributed by atoms with Crippen LogP contribution in [0.2, 0.25) is 0 Å². The van der Waals surface area contributed by atoms with Crippen LogP contribution >= 0.6 is 0 Å². The molecule has 0 radical (unpaired) electrons. The molecule has 1 aromatic carbocycles. The minimum Gasteiger partial charge on any atom is -0.508 e. The first-order valence-electron chi connectivity index (χ1n) is 6.33. The topological polar surface area (TPSA) is 72.9 Å². The molecule has 0 atom stereocenters. The Morgan fingerprint density at radius 1 is 1.37 bits per heavy atom. The molecule has 0 saturated carbocycles. The number of rotatable bonds is 4. The van der Waals surface area contributed by atoms with Crippen LogP contribution in [0.3, 0.4) is 0 Å². The van der Waals surface area contributed by atoms with Gasteiger partial charge in [0.15, 0.2) is 0 Å². The van der Waals surface area contributed by atoms with Crippen molar-refractivity contribution >= 4 is 15.9 Å². The second-order valence-electron chi connectivity index (χ2n) is 4.34. The van der Waals surface area contributed by atoms with Crippen LogP contribution in [0.1, 0.15) is 6.92 Å². The van der Waals surface area contributed by atoms with Crippen molar-refractivity contribution in [2.75, 3.05) is 37.0 Å². The van der Waals surface area contributed by atoms with Gasteiger partial charge in [0.1, 0.15) is 5.75 Å². The Bertz CT molecular complexity index is 527. The second-order valence-corrected chi connectivity index (χ2v) is 6.19. The van der Waals surface area contributed by atoms with E-state index in [1.807, 2.05) is 0 Å². The molecule has 1 heterocycles. The summed E-state index contributed by atoms with van der Waals surface area (Å²) in [7, 11) is -3.53. The molecule has 0 amide bonds. The highest BCUT2D eigenvalue weighted by Gasteiger charge is 2.29. The summed E-state index contributed by atoms with van der Waals surface area (Å²) in [6, 6.07) is 6.31. The molecule has 1 saturated heterocycles. The van der Waals surface area contributed by atoms with Crippen molar-refractivity contribution in [3.8, 4) is 5.75 Å². The number of hydrogen-bond acceptors (Lipinski definition) is 4. The number of nitrogens with zero attached hydrogens (tertiary/aromatic N) is 2. The summed E-state index contributed by atoms with van der Waals surface area (Å²) in [5, 5.41) is 12.6. The predicted octanol–water partition coefficient (Wildman–Crippen LogP) is 0.368. The lowest BCUT2D eigenvalue weighted by Crippen LogP contribution is -2.51. The molecule has 1 aliphatic rings. The van der Waals surface area contributed by atoms with Gasteiger partial charge >= 0.3 is 10.2 Å². The fraction of sp³-hybridized carbons (Fsp3) is 0.500. The molecule has 19 heavy (non-hydrogen) atoms. The van der Waals surface area contributed by atoms with Crippen LogP contribution in [-0.2, 0) is 10.2 Å². The van der Waals surface area contributed by atoms with Crippen molar-refractivity contribution in [1.29, 1.82) is 0 Å². The summed E-state index contributed by atoms with van der Waals surface area (Å²) < 4.78 is 27.9. The van der Waals surface area contributed by atoms with E-state index in [1.165, 1.54) is 20.7 Å². The van der Waals surface area contributed by atoms with E-state index in [-0.39, 0.29) is 5.75 Å².